The molecular formula is C19H14FNO4. The number of carbonyl (C=O) groups is 2. The minimum absolute atomic E-state index is 0.0312. The van der Waals surface area contributed by atoms with Gasteiger partial charge in [-0.1, -0.05) is 18.2 Å². The predicted octanol–water partition coefficient (Wildman–Crippen LogP) is 3.33. The monoisotopic (exact) mass is 339 g/mol. The van der Waals surface area contributed by atoms with Crippen molar-refractivity contribution in [1.82, 2.24) is 0 Å². The summed E-state index contributed by atoms with van der Waals surface area (Å²) in [5, 5.41) is 18.9. The number of aliphatic hydroxyl groups excluding tert-OH is 1. The molecule has 0 fully saturated rings. The van der Waals surface area contributed by atoms with Crippen LogP contribution in [0.2, 0.25) is 0 Å². The van der Waals surface area contributed by atoms with Crippen LogP contribution in [0.4, 0.5) is 4.39 Å². The average Bonchev–Trinajstić information content (AvgIpc) is 2.60. The first-order valence-corrected chi connectivity index (χ1v) is 7.28. The second kappa shape index (κ2) is 7.88. The van der Waals surface area contributed by atoms with Gasteiger partial charge in [-0.2, -0.15) is 5.26 Å². The van der Waals surface area contributed by atoms with Crippen molar-refractivity contribution in [3.63, 3.8) is 0 Å². The van der Waals surface area contributed by atoms with Crippen LogP contribution >= 0.6 is 0 Å². The van der Waals surface area contributed by atoms with Crippen LogP contribution in [0.5, 0.6) is 5.75 Å². The van der Waals surface area contributed by atoms with Crippen LogP contribution in [-0.4, -0.2) is 16.7 Å². The number of rotatable bonds is 6. The number of allylic oxidation sites excluding steroid dienone is 1. The zero-order chi connectivity index (χ0) is 18.4. The van der Waals surface area contributed by atoms with Gasteiger partial charge in [0.2, 0.25) is 5.78 Å². The Kier molecular flexibility index (Phi) is 5.64. The van der Waals surface area contributed by atoms with Gasteiger partial charge in [0.25, 0.3) is 0 Å². The maximum Gasteiger partial charge on any atom is 0.224 e. The standard InChI is InChI=1S/C19H14FNO4/c1-12(22)18(23)9-19(24)13-3-2-4-17(8-13)25-11-14-5-6-16(20)7-15(14)10-21/h2-9,24H,11H2,1H3/b19-9-. The fourth-order valence-electron chi connectivity index (χ4n) is 1.99. The molecule has 0 amide bonds. The summed E-state index contributed by atoms with van der Waals surface area (Å²) < 4.78 is 18.7. The maximum absolute atomic E-state index is 13.1. The predicted molar refractivity (Wildman–Crippen MR) is 88.2 cm³/mol. The van der Waals surface area contributed by atoms with Gasteiger partial charge in [-0.25, -0.2) is 4.39 Å². The van der Waals surface area contributed by atoms with Crippen LogP contribution < -0.4 is 4.74 Å². The van der Waals surface area contributed by atoms with Gasteiger partial charge < -0.3 is 9.84 Å². The quantitative estimate of drug-likeness (QED) is 0.495. The van der Waals surface area contributed by atoms with Gasteiger partial charge in [-0.15, -0.1) is 0 Å². The Morgan fingerprint density at radius 2 is 2.04 bits per heavy atom. The summed E-state index contributed by atoms with van der Waals surface area (Å²) in [5.74, 6) is -1.98. The van der Waals surface area contributed by atoms with E-state index in [0.29, 0.717) is 16.9 Å². The first kappa shape index (κ1) is 17.9. The number of nitrogens with zero attached hydrogens (tertiary/aromatic N) is 1. The summed E-state index contributed by atoms with van der Waals surface area (Å²) in [5.41, 5.74) is 0.985. The summed E-state index contributed by atoms with van der Waals surface area (Å²) in [4.78, 5) is 22.3. The van der Waals surface area contributed by atoms with E-state index in [2.05, 4.69) is 0 Å². The first-order chi connectivity index (χ1) is 11.9. The Morgan fingerprint density at radius 1 is 1.28 bits per heavy atom. The topological polar surface area (TPSA) is 87.4 Å². The largest absolute Gasteiger partial charge is 0.507 e. The molecule has 2 aromatic carbocycles. The molecule has 0 aliphatic heterocycles. The van der Waals surface area contributed by atoms with Crippen molar-refractivity contribution < 1.29 is 23.8 Å². The highest BCUT2D eigenvalue weighted by Crippen LogP contribution is 2.20. The number of ether oxygens (including phenoxy) is 1. The molecule has 5 nitrogen and oxygen atoms in total. The molecule has 0 spiro atoms. The molecule has 0 radical (unpaired) electrons. The number of Topliss-reactive ketones (excluding diaryl/α,β-unsaturated/α-hetero) is 1. The highest BCUT2D eigenvalue weighted by atomic mass is 19.1. The molecule has 2 rings (SSSR count). The van der Waals surface area contributed by atoms with Crippen molar-refractivity contribution in [1.29, 1.82) is 5.26 Å². The molecule has 126 valence electrons. The smallest absolute Gasteiger partial charge is 0.224 e. The van der Waals surface area contributed by atoms with Gasteiger partial charge in [-0.3, -0.25) is 9.59 Å². The van der Waals surface area contributed by atoms with Crippen LogP contribution in [0.15, 0.2) is 48.5 Å². The van der Waals surface area contributed by atoms with Crippen molar-refractivity contribution in [2.75, 3.05) is 0 Å². The van der Waals surface area contributed by atoms with E-state index in [1.807, 2.05) is 6.07 Å². The van der Waals surface area contributed by atoms with E-state index in [1.54, 1.807) is 18.2 Å². The third-order valence-electron chi connectivity index (χ3n) is 3.33. The van der Waals surface area contributed by atoms with E-state index >= 15 is 0 Å². The molecule has 0 saturated heterocycles. The number of halogens is 1. The number of benzene rings is 2. The lowest BCUT2D eigenvalue weighted by Gasteiger charge is -2.09. The Bertz CT molecular complexity index is 897. The van der Waals surface area contributed by atoms with Gasteiger partial charge in [0, 0.05) is 24.1 Å². The summed E-state index contributed by atoms with van der Waals surface area (Å²) in [6.07, 6.45) is 0.842. The molecule has 6 heteroatoms. The minimum atomic E-state index is -0.811. The average molecular weight is 339 g/mol. The molecule has 0 aliphatic carbocycles. The van der Waals surface area contributed by atoms with Crippen molar-refractivity contribution in [2.45, 2.75) is 13.5 Å². The summed E-state index contributed by atoms with van der Waals surface area (Å²) >= 11 is 0. The Hall–Kier alpha value is -3.46. The molecule has 0 saturated carbocycles. The number of hydrogen-bond acceptors (Lipinski definition) is 5. The summed E-state index contributed by atoms with van der Waals surface area (Å²) in [6, 6.07) is 12.0. The van der Waals surface area contributed by atoms with Gasteiger partial charge in [0.05, 0.1) is 11.6 Å². The second-order valence-corrected chi connectivity index (χ2v) is 5.18. The Morgan fingerprint density at radius 3 is 2.72 bits per heavy atom. The molecule has 1 N–H and O–H groups in total. The van der Waals surface area contributed by atoms with E-state index in [1.165, 1.54) is 18.2 Å². The Labute approximate surface area is 143 Å². The van der Waals surface area contributed by atoms with Crippen molar-refractivity contribution in [3.8, 4) is 11.8 Å². The molecule has 0 heterocycles. The zero-order valence-electron chi connectivity index (χ0n) is 13.3. The lowest BCUT2D eigenvalue weighted by molar-refractivity contribution is -0.132. The SMILES string of the molecule is CC(=O)C(=O)/C=C(\O)c1cccc(OCc2ccc(F)cc2C#N)c1. The number of hydrogen-bond donors (Lipinski definition) is 1. The van der Waals surface area contributed by atoms with Crippen LogP contribution in [0, 0.1) is 17.1 Å². The normalized spacial score (nSPS) is 10.8. The number of carbonyl (C=O) groups excluding carboxylic acids is 2. The van der Waals surface area contributed by atoms with Crippen LogP contribution in [0.3, 0.4) is 0 Å². The second-order valence-electron chi connectivity index (χ2n) is 5.18. The van der Waals surface area contributed by atoms with Crippen LogP contribution in [0.1, 0.15) is 23.6 Å². The Balaban J connectivity index is 2.16. The van der Waals surface area contributed by atoms with E-state index in [-0.39, 0.29) is 17.9 Å². The third kappa shape index (κ3) is 4.75. The van der Waals surface area contributed by atoms with Gasteiger partial charge in [0.1, 0.15) is 23.9 Å². The highest BCUT2D eigenvalue weighted by molar-refractivity contribution is 6.41. The number of nitriles is 1. The molecule has 0 aliphatic rings. The van der Waals surface area contributed by atoms with Crippen molar-refractivity contribution in [3.05, 3.63) is 71.0 Å². The molecule has 0 aromatic heterocycles. The van der Waals surface area contributed by atoms with Gasteiger partial charge in [0.15, 0.2) is 5.78 Å². The van der Waals surface area contributed by atoms with Crippen molar-refractivity contribution >= 4 is 17.3 Å². The molecule has 25 heavy (non-hydrogen) atoms. The molecule has 0 atom stereocenters. The lowest BCUT2D eigenvalue weighted by Crippen LogP contribution is -2.06. The maximum atomic E-state index is 13.1. The van der Waals surface area contributed by atoms with Crippen LogP contribution in [-0.2, 0) is 16.2 Å². The number of aliphatic hydroxyl groups is 1. The fraction of sp³-hybridized carbons (Fsp3) is 0.105. The first-order valence-electron chi connectivity index (χ1n) is 7.28. The third-order valence-corrected chi connectivity index (χ3v) is 3.33. The van der Waals surface area contributed by atoms with Gasteiger partial charge >= 0.3 is 0 Å². The van der Waals surface area contributed by atoms with E-state index in [0.717, 1.165) is 19.1 Å². The lowest BCUT2D eigenvalue weighted by atomic mass is 10.1. The fourth-order valence-corrected chi connectivity index (χ4v) is 1.99. The minimum Gasteiger partial charge on any atom is -0.507 e. The summed E-state index contributed by atoms with van der Waals surface area (Å²) in [6.45, 7) is 1.14. The van der Waals surface area contributed by atoms with E-state index in [9.17, 15) is 19.1 Å². The van der Waals surface area contributed by atoms with Gasteiger partial charge in [-0.05, 0) is 24.3 Å². The zero-order valence-corrected chi connectivity index (χ0v) is 13.3. The van der Waals surface area contributed by atoms with Crippen LogP contribution in [0.25, 0.3) is 5.76 Å². The summed E-state index contributed by atoms with van der Waals surface area (Å²) in [7, 11) is 0. The molecule has 0 unspecified atom stereocenters. The molecule has 2 aromatic rings. The van der Waals surface area contributed by atoms with E-state index in [4.69, 9.17) is 10.00 Å². The van der Waals surface area contributed by atoms with E-state index < -0.39 is 17.4 Å². The highest BCUT2D eigenvalue weighted by Gasteiger charge is 2.09. The van der Waals surface area contributed by atoms with Crippen molar-refractivity contribution in [2.24, 2.45) is 0 Å². The number of ketones is 2. The molecule has 0 bridgehead atoms. The molecular weight excluding hydrogens is 325 g/mol.